The van der Waals surface area contributed by atoms with E-state index in [0.717, 1.165) is 23.6 Å². The number of hydrogen-bond donors (Lipinski definition) is 2. The fourth-order valence-electron chi connectivity index (χ4n) is 5.78. The van der Waals surface area contributed by atoms with Crippen LogP contribution >= 0.6 is 0 Å². The minimum absolute atomic E-state index is 0.00530. The summed E-state index contributed by atoms with van der Waals surface area (Å²) in [6.45, 7) is 8.37. The average molecular weight is 462 g/mol. The lowest BCUT2D eigenvalue weighted by Crippen LogP contribution is -2.44. The van der Waals surface area contributed by atoms with Crippen molar-refractivity contribution >= 4 is 11.6 Å². The first-order valence-corrected chi connectivity index (χ1v) is 13.1. The van der Waals surface area contributed by atoms with E-state index in [-0.39, 0.29) is 12.0 Å². The van der Waals surface area contributed by atoms with Crippen molar-refractivity contribution in [2.45, 2.75) is 51.6 Å². The average Bonchev–Trinajstić information content (AvgIpc) is 3.29. The number of carbonyl (C=O) groups excluding carboxylic acids is 1. The van der Waals surface area contributed by atoms with E-state index in [0.29, 0.717) is 30.5 Å². The molecule has 182 valence electrons. The summed E-state index contributed by atoms with van der Waals surface area (Å²) in [6, 6.07) is 16.4. The van der Waals surface area contributed by atoms with Crippen molar-refractivity contribution < 1.29 is 9.90 Å². The van der Waals surface area contributed by atoms with Crippen LogP contribution in [0, 0.1) is 11.3 Å². The maximum absolute atomic E-state index is 12.6. The number of aliphatic hydroxyl groups is 1. The number of carbonyl (C=O) groups is 1. The second-order valence-corrected chi connectivity index (χ2v) is 11.1. The monoisotopic (exact) mass is 461 g/mol. The van der Waals surface area contributed by atoms with Crippen molar-refractivity contribution in [2.24, 2.45) is 11.3 Å². The van der Waals surface area contributed by atoms with E-state index in [4.69, 9.17) is 0 Å². The molecule has 0 unspecified atom stereocenters. The molecule has 0 spiro atoms. The number of rotatable bonds is 7. The molecule has 0 bridgehead atoms. The Morgan fingerprint density at radius 2 is 1.62 bits per heavy atom. The third-order valence-corrected chi connectivity index (χ3v) is 8.27. The number of benzene rings is 2. The van der Waals surface area contributed by atoms with Gasteiger partial charge in [0.05, 0.1) is 6.10 Å². The Labute approximate surface area is 204 Å². The van der Waals surface area contributed by atoms with Crippen LogP contribution in [0.25, 0.3) is 11.1 Å². The number of hydrogen-bond acceptors (Lipinski definition) is 4. The molecule has 1 saturated carbocycles. The molecule has 5 nitrogen and oxygen atoms in total. The highest BCUT2D eigenvalue weighted by Gasteiger charge is 2.34. The molecule has 2 heterocycles. The van der Waals surface area contributed by atoms with Crippen LogP contribution in [0.15, 0.2) is 48.5 Å². The van der Waals surface area contributed by atoms with Gasteiger partial charge in [-0.2, -0.15) is 0 Å². The van der Waals surface area contributed by atoms with Gasteiger partial charge in [0, 0.05) is 37.4 Å². The molecule has 3 fully saturated rings. The van der Waals surface area contributed by atoms with E-state index < -0.39 is 0 Å². The third kappa shape index (κ3) is 5.47. The van der Waals surface area contributed by atoms with Gasteiger partial charge in [-0.1, -0.05) is 37.6 Å². The van der Waals surface area contributed by atoms with Crippen LogP contribution in [-0.4, -0.2) is 66.2 Å². The molecule has 2 N–H and O–H groups in total. The van der Waals surface area contributed by atoms with E-state index in [1.807, 2.05) is 24.3 Å². The van der Waals surface area contributed by atoms with E-state index in [9.17, 15) is 9.90 Å². The van der Waals surface area contributed by atoms with Gasteiger partial charge in [-0.3, -0.25) is 4.79 Å². The minimum atomic E-state index is -0.385. The van der Waals surface area contributed by atoms with Crippen molar-refractivity contribution in [1.29, 1.82) is 0 Å². The van der Waals surface area contributed by atoms with Crippen molar-refractivity contribution in [1.82, 2.24) is 9.80 Å². The molecular formula is C29H39N3O2. The zero-order valence-electron chi connectivity index (χ0n) is 20.5. The zero-order chi connectivity index (χ0) is 23.5. The fourth-order valence-corrected chi connectivity index (χ4v) is 5.78. The molecule has 3 aliphatic rings. The molecule has 5 heteroatoms. The lowest BCUT2D eigenvalue weighted by Gasteiger charge is -2.44. The minimum Gasteiger partial charge on any atom is -0.391 e. The number of β-amino-alcohol motifs (C(OH)–C–C–N with tert-alkyl or cyclic N) is 1. The molecule has 2 aromatic rings. The van der Waals surface area contributed by atoms with E-state index in [1.165, 1.54) is 57.4 Å². The standard InChI is InChI=1S/C29H39N3O2/c1-29(14-2-15-29)21-31-16-11-22(12-17-31)19-30-26-9-7-24(8-10-26)23-3-5-25(6-4-23)28(34)32-18-13-27(33)20-32/h3-10,22,27,30,33H,2,11-21H2,1H3/t27-/m0/s1. The van der Waals surface area contributed by atoms with Crippen LogP contribution in [0.5, 0.6) is 0 Å². The summed E-state index contributed by atoms with van der Waals surface area (Å²) in [5.41, 5.74) is 4.72. The quantitative estimate of drug-likeness (QED) is 0.617. The highest BCUT2D eigenvalue weighted by molar-refractivity contribution is 5.95. The van der Waals surface area contributed by atoms with Gasteiger partial charge in [0.25, 0.3) is 5.91 Å². The second kappa shape index (κ2) is 10.1. The Morgan fingerprint density at radius 1 is 0.971 bits per heavy atom. The van der Waals surface area contributed by atoms with Gasteiger partial charge in [-0.05, 0) is 91.9 Å². The maximum atomic E-state index is 12.6. The van der Waals surface area contributed by atoms with Crippen LogP contribution in [0.4, 0.5) is 5.69 Å². The van der Waals surface area contributed by atoms with Crippen LogP contribution in [0.3, 0.4) is 0 Å². The third-order valence-electron chi connectivity index (χ3n) is 8.27. The largest absolute Gasteiger partial charge is 0.391 e. The van der Waals surface area contributed by atoms with Crippen LogP contribution < -0.4 is 5.32 Å². The molecule has 1 amide bonds. The molecule has 1 aliphatic carbocycles. The first-order chi connectivity index (χ1) is 16.5. The SMILES string of the molecule is CC1(CN2CCC(CNc3ccc(-c4ccc(C(=O)N5CC[C@H](O)C5)cc4)cc3)CC2)CCC1. The van der Waals surface area contributed by atoms with Gasteiger partial charge in [0.2, 0.25) is 0 Å². The highest BCUT2D eigenvalue weighted by atomic mass is 16.3. The predicted octanol–water partition coefficient (Wildman–Crippen LogP) is 4.87. The lowest BCUT2D eigenvalue weighted by atomic mass is 9.70. The molecule has 5 rings (SSSR count). The van der Waals surface area contributed by atoms with E-state index in [2.05, 4.69) is 41.4 Å². The number of piperidine rings is 1. The molecule has 2 aromatic carbocycles. The smallest absolute Gasteiger partial charge is 0.253 e. The summed E-state index contributed by atoms with van der Waals surface area (Å²) < 4.78 is 0. The van der Waals surface area contributed by atoms with Crippen LogP contribution in [0.1, 0.15) is 55.8 Å². The second-order valence-electron chi connectivity index (χ2n) is 11.1. The number of likely N-dealkylation sites (tertiary alicyclic amines) is 2. The van der Waals surface area contributed by atoms with Crippen molar-refractivity contribution in [3.63, 3.8) is 0 Å². The Hall–Kier alpha value is -2.37. The summed E-state index contributed by atoms with van der Waals surface area (Å²) in [4.78, 5) is 17.0. The molecule has 34 heavy (non-hydrogen) atoms. The summed E-state index contributed by atoms with van der Waals surface area (Å²) in [7, 11) is 0. The fraction of sp³-hybridized carbons (Fsp3) is 0.552. The van der Waals surface area contributed by atoms with E-state index in [1.54, 1.807) is 4.90 Å². The zero-order valence-corrected chi connectivity index (χ0v) is 20.5. The maximum Gasteiger partial charge on any atom is 0.253 e. The number of nitrogens with one attached hydrogen (secondary N) is 1. The van der Waals surface area contributed by atoms with Gasteiger partial charge in [0.15, 0.2) is 0 Å². The predicted molar refractivity (Wildman–Crippen MR) is 138 cm³/mol. The molecule has 2 saturated heterocycles. The Kier molecular flexibility index (Phi) is 6.94. The van der Waals surface area contributed by atoms with Crippen LogP contribution in [0.2, 0.25) is 0 Å². The molecule has 0 aromatic heterocycles. The number of amides is 1. The number of aliphatic hydroxyl groups excluding tert-OH is 1. The Bertz CT molecular complexity index is 960. The summed E-state index contributed by atoms with van der Waals surface area (Å²) in [5.74, 6) is 0.762. The van der Waals surface area contributed by atoms with E-state index >= 15 is 0 Å². The summed E-state index contributed by atoms with van der Waals surface area (Å²) in [5, 5.41) is 13.3. The normalized spacial score (nSPS) is 23.0. The van der Waals surface area contributed by atoms with Gasteiger partial charge in [0.1, 0.15) is 0 Å². The number of nitrogens with zero attached hydrogens (tertiary/aromatic N) is 2. The Balaban J connectivity index is 1.09. The van der Waals surface area contributed by atoms with Crippen LogP contribution in [-0.2, 0) is 0 Å². The topological polar surface area (TPSA) is 55.8 Å². The number of anilines is 1. The highest BCUT2D eigenvalue weighted by Crippen LogP contribution is 2.41. The van der Waals surface area contributed by atoms with Gasteiger partial charge >= 0.3 is 0 Å². The van der Waals surface area contributed by atoms with Crippen molar-refractivity contribution in [3.05, 3.63) is 54.1 Å². The first kappa shape index (κ1) is 23.4. The van der Waals surface area contributed by atoms with Crippen molar-refractivity contribution in [2.75, 3.05) is 44.6 Å². The Morgan fingerprint density at radius 3 is 2.18 bits per heavy atom. The van der Waals surface area contributed by atoms with Gasteiger partial charge < -0.3 is 20.2 Å². The first-order valence-electron chi connectivity index (χ1n) is 13.1. The lowest BCUT2D eigenvalue weighted by molar-refractivity contribution is 0.0651. The summed E-state index contributed by atoms with van der Waals surface area (Å²) in [6.07, 6.45) is 7.12. The summed E-state index contributed by atoms with van der Waals surface area (Å²) >= 11 is 0. The van der Waals surface area contributed by atoms with Gasteiger partial charge in [-0.15, -0.1) is 0 Å². The molecular weight excluding hydrogens is 422 g/mol. The van der Waals surface area contributed by atoms with Crippen molar-refractivity contribution in [3.8, 4) is 11.1 Å². The van der Waals surface area contributed by atoms with Gasteiger partial charge in [-0.25, -0.2) is 0 Å². The molecule has 0 radical (unpaired) electrons. The molecule has 1 atom stereocenters. The molecule has 2 aliphatic heterocycles.